The first-order chi connectivity index (χ1) is 13.5. The Balaban J connectivity index is 1.74. The van der Waals surface area contributed by atoms with Crippen molar-refractivity contribution in [3.05, 3.63) is 52.7 Å². The van der Waals surface area contributed by atoms with E-state index in [1.54, 1.807) is 19.1 Å². The Hall–Kier alpha value is -2.13. The van der Waals surface area contributed by atoms with Crippen molar-refractivity contribution in [2.75, 3.05) is 13.2 Å². The van der Waals surface area contributed by atoms with Crippen LogP contribution in [0.15, 0.2) is 47.4 Å². The largest absolute Gasteiger partial charge is 0.377 e. The minimum Gasteiger partial charge on any atom is -0.377 e. The molecule has 0 unspecified atom stereocenters. The molecule has 146 valence electrons. The Bertz CT molecular complexity index is 1180. The molecule has 0 radical (unpaired) electrons. The molecule has 1 aliphatic rings. The van der Waals surface area contributed by atoms with Crippen LogP contribution in [-0.4, -0.2) is 37.9 Å². The van der Waals surface area contributed by atoms with E-state index in [1.165, 1.54) is 0 Å². The molecule has 0 saturated carbocycles. The third-order valence-electron chi connectivity index (χ3n) is 4.97. The van der Waals surface area contributed by atoms with Crippen molar-refractivity contribution in [1.82, 2.24) is 14.9 Å². The van der Waals surface area contributed by atoms with E-state index >= 15 is 0 Å². The highest BCUT2D eigenvalue weighted by molar-refractivity contribution is 7.89. The van der Waals surface area contributed by atoms with Crippen LogP contribution in [0.4, 0.5) is 0 Å². The van der Waals surface area contributed by atoms with Crippen LogP contribution in [0.3, 0.4) is 0 Å². The quantitative estimate of drug-likeness (QED) is 0.621. The highest BCUT2D eigenvalue weighted by Crippen LogP contribution is 2.29. The molecule has 28 heavy (non-hydrogen) atoms. The van der Waals surface area contributed by atoms with Gasteiger partial charge in [0.2, 0.25) is 10.0 Å². The van der Waals surface area contributed by atoms with Crippen molar-refractivity contribution in [2.24, 2.45) is 0 Å². The normalized spacial score (nSPS) is 17.2. The van der Waals surface area contributed by atoms with Gasteiger partial charge in [-0.05, 0) is 31.4 Å². The average Bonchev–Trinajstić information content (AvgIpc) is 3.21. The van der Waals surface area contributed by atoms with Crippen LogP contribution in [0.1, 0.15) is 18.4 Å². The Labute approximate surface area is 169 Å². The molecule has 8 heteroatoms. The number of aromatic amines is 1. The van der Waals surface area contributed by atoms with Crippen molar-refractivity contribution in [3.63, 3.8) is 0 Å². The summed E-state index contributed by atoms with van der Waals surface area (Å²) in [5, 5.41) is 8.99. The Morgan fingerprint density at radius 1 is 1.25 bits per heavy atom. The number of ether oxygens (including phenoxy) is 1. The Kier molecular flexibility index (Phi) is 5.29. The van der Waals surface area contributed by atoms with Gasteiger partial charge in [0.25, 0.3) is 0 Å². The fourth-order valence-corrected chi connectivity index (χ4v) is 5.02. The van der Waals surface area contributed by atoms with E-state index in [1.807, 2.05) is 30.3 Å². The number of aromatic nitrogens is 2. The maximum absolute atomic E-state index is 12.9. The molecule has 1 atom stereocenters. The van der Waals surface area contributed by atoms with Gasteiger partial charge in [-0.2, -0.15) is 5.10 Å². The number of sulfonamides is 1. The van der Waals surface area contributed by atoms with Gasteiger partial charge in [-0.1, -0.05) is 48.6 Å². The number of fused-ring (bicyclic) bond motifs is 1. The summed E-state index contributed by atoms with van der Waals surface area (Å²) in [5.41, 5.74) is 2.06. The minimum absolute atomic E-state index is 0.0573. The monoisotopic (exact) mass is 415 g/mol. The molecule has 0 aliphatic carbocycles. The second-order valence-corrected chi connectivity index (χ2v) is 9.06. The maximum atomic E-state index is 12.9. The van der Waals surface area contributed by atoms with Gasteiger partial charge in [-0.3, -0.25) is 5.10 Å². The fourth-order valence-electron chi connectivity index (χ4n) is 3.46. The molecule has 1 aliphatic heterocycles. The zero-order chi connectivity index (χ0) is 19.7. The van der Waals surface area contributed by atoms with E-state index in [0.29, 0.717) is 28.1 Å². The maximum Gasteiger partial charge on any atom is 0.240 e. The van der Waals surface area contributed by atoms with Crippen LogP contribution in [0.5, 0.6) is 0 Å². The van der Waals surface area contributed by atoms with E-state index < -0.39 is 10.0 Å². The van der Waals surface area contributed by atoms with Gasteiger partial charge < -0.3 is 4.74 Å². The number of benzene rings is 2. The summed E-state index contributed by atoms with van der Waals surface area (Å²) >= 11 is 5.32. The average molecular weight is 416 g/mol. The van der Waals surface area contributed by atoms with E-state index in [-0.39, 0.29) is 17.5 Å². The molecule has 4 rings (SSSR count). The van der Waals surface area contributed by atoms with E-state index in [2.05, 4.69) is 14.9 Å². The number of hydrogen-bond donors (Lipinski definition) is 2. The van der Waals surface area contributed by atoms with Gasteiger partial charge in [-0.15, -0.1) is 0 Å². The third-order valence-corrected chi connectivity index (χ3v) is 6.85. The molecule has 0 amide bonds. The lowest BCUT2D eigenvalue weighted by Crippen LogP contribution is -2.32. The van der Waals surface area contributed by atoms with Crippen molar-refractivity contribution < 1.29 is 13.2 Å². The van der Waals surface area contributed by atoms with Crippen LogP contribution in [0.25, 0.3) is 22.0 Å². The van der Waals surface area contributed by atoms with Crippen LogP contribution < -0.4 is 4.72 Å². The van der Waals surface area contributed by atoms with Gasteiger partial charge in [0.05, 0.1) is 16.7 Å². The summed E-state index contributed by atoms with van der Waals surface area (Å²) in [4.78, 5) is 0.247. The van der Waals surface area contributed by atoms with Gasteiger partial charge in [-0.25, -0.2) is 13.1 Å². The molecule has 2 heterocycles. The first kappa shape index (κ1) is 19.2. The lowest BCUT2D eigenvalue weighted by molar-refractivity contribution is 0.114. The van der Waals surface area contributed by atoms with Gasteiger partial charge in [0.15, 0.2) is 0 Å². The zero-order valence-corrected chi connectivity index (χ0v) is 17.1. The summed E-state index contributed by atoms with van der Waals surface area (Å²) in [6.45, 7) is 2.76. The van der Waals surface area contributed by atoms with E-state index in [9.17, 15) is 8.42 Å². The summed E-state index contributed by atoms with van der Waals surface area (Å²) in [6, 6.07) is 13.0. The number of nitrogens with zero attached hydrogens (tertiary/aromatic N) is 1. The second-order valence-electron chi connectivity index (χ2n) is 6.91. The molecule has 2 aromatic carbocycles. The number of aryl methyl sites for hydroxylation is 1. The molecule has 3 aromatic rings. The predicted octanol–water partition coefficient (Wildman–Crippen LogP) is 3.73. The first-order valence-corrected chi connectivity index (χ1v) is 11.0. The number of nitrogens with one attached hydrogen (secondary N) is 2. The topological polar surface area (TPSA) is 84.1 Å². The minimum atomic E-state index is -3.66. The molecule has 6 nitrogen and oxygen atoms in total. The number of rotatable bonds is 5. The molecule has 1 saturated heterocycles. The number of hydrogen-bond acceptors (Lipinski definition) is 5. The number of H-pyrrole nitrogens is 1. The summed E-state index contributed by atoms with van der Waals surface area (Å²) in [5.74, 6) is 0. The summed E-state index contributed by atoms with van der Waals surface area (Å²) in [6.07, 6.45) is 1.79. The van der Waals surface area contributed by atoms with Crippen molar-refractivity contribution >= 4 is 33.0 Å². The van der Waals surface area contributed by atoms with Crippen LogP contribution in [0.2, 0.25) is 0 Å². The summed E-state index contributed by atoms with van der Waals surface area (Å²) in [7, 11) is -3.66. The van der Waals surface area contributed by atoms with E-state index in [4.69, 9.17) is 17.0 Å². The highest BCUT2D eigenvalue weighted by Gasteiger charge is 2.22. The molecular formula is C20H21N3O3S2. The van der Waals surface area contributed by atoms with Gasteiger partial charge in [0.1, 0.15) is 4.64 Å². The third kappa shape index (κ3) is 3.73. The Morgan fingerprint density at radius 3 is 2.79 bits per heavy atom. The molecule has 2 N–H and O–H groups in total. The van der Waals surface area contributed by atoms with Gasteiger partial charge in [0, 0.05) is 29.5 Å². The lowest BCUT2D eigenvalue weighted by atomic mass is 10.0. The highest BCUT2D eigenvalue weighted by atomic mass is 32.2. The van der Waals surface area contributed by atoms with E-state index in [0.717, 1.165) is 23.6 Å². The van der Waals surface area contributed by atoms with Gasteiger partial charge >= 0.3 is 0 Å². The summed E-state index contributed by atoms with van der Waals surface area (Å²) < 4.78 is 34.6. The molecule has 0 spiro atoms. The molecule has 0 bridgehead atoms. The smallest absolute Gasteiger partial charge is 0.240 e. The standard InChI is InChI=1S/C20H21N3O3S2/c1-13-8-9-14(19-16-6-2-3-7-17(16)20(27)23-22-19)11-18(13)28(24,25)21-12-15-5-4-10-26-15/h2-3,6-9,11,15,21H,4-5,10,12H2,1H3,(H,23,27)/t15-/m1/s1. The molecule has 1 aromatic heterocycles. The SMILES string of the molecule is Cc1ccc(-c2n[nH]c(=S)c3ccccc23)cc1S(=O)(=O)NC[C@H]1CCCO1. The zero-order valence-electron chi connectivity index (χ0n) is 15.4. The first-order valence-electron chi connectivity index (χ1n) is 9.15. The van der Waals surface area contributed by atoms with Crippen molar-refractivity contribution in [3.8, 4) is 11.3 Å². The van der Waals surface area contributed by atoms with Crippen LogP contribution in [0, 0.1) is 11.6 Å². The van der Waals surface area contributed by atoms with Crippen molar-refractivity contribution in [2.45, 2.75) is 30.8 Å². The lowest BCUT2D eigenvalue weighted by Gasteiger charge is -2.14. The predicted molar refractivity (Wildman–Crippen MR) is 111 cm³/mol. The fraction of sp³-hybridized carbons (Fsp3) is 0.300. The van der Waals surface area contributed by atoms with Crippen molar-refractivity contribution in [1.29, 1.82) is 0 Å². The molecule has 1 fully saturated rings. The van der Waals surface area contributed by atoms with Crippen LogP contribution in [-0.2, 0) is 14.8 Å². The second kappa shape index (κ2) is 7.71. The van der Waals surface area contributed by atoms with Crippen LogP contribution >= 0.6 is 12.2 Å². The molecular weight excluding hydrogens is 394 g/mol. The Morgan fingerprint density at radius 2 is 2.04 bits per heavy atom.